The van der Waals surface area contributed by atoms with Crippen LogP contribution in [0.4, 0.5) is 16.2 Å². The molecule has 4 aliphatic heterocycles. The van der Waals surface area contributed by atoms with Crippen LogP contribution < -0.4 is 20.3 Å². The van der Waals surface area contributed by atoms with Gasteiger partial charge in [0.1, 0.15) is 24.2 Å². The number of aromatic hydroxyl groups is 1. The molecule has 2 saturated heterocycles. The molecule has 0 saturated carbocycles. The lowest BCUT2D eigenvalue weighted by Crippen LogP contribution is -2.45. The molecule has 4 aromatic carbocycles. The van der Waals surface area contributed by atoms with Gasteiger partial charge in [0.25, 0.3) is 0 Å². The smallest absolute Gasteiger partial charge is 0.338 e. The van der Waals surface area contributed by atoms with Crippen molar-refractivity contribution in [1.82, 2.24) is 28.9 Å². The minimum absolute atomic E-state index is 0.0852. The number of benzene rings is 4. The van der Waals surface area contributed by atoms with Gasteiger partial charge in [0, 0.05) is 86.6 Å². The van der Waals surface area contributed by atoms with Crippen molar-refractivity contribution in [1.29, 1.82) is 0 Å². The van der Waals surface area contributed by atoms with Crippen molar-refractivity contribution in [2.75, 3.05) is 51.1 Å². The molecule has 0 bridgehead atoms. The first-order valence-electron chi connectivity index (χ1n) is 23.0. The second-order valence-corrected chi connectivity index (χ2v) is 19.0. The average Bonchev–Trinajstić information content (AvgIpc) is 4.16. The summed E-state index contributed by atoms with van der Waals surface area (Å²) in [4.78, 5) is 40.9. The summed E-state index contributed by atoms with van der Waals surface area (Å²) in [6.45, 7) is 11.0. The number of fused-ring (bicyclic) bond motifs is 6. The highest BCUT2D eigenvalue weighted by molar-refractivity contribution is 5.78. The molecule has 3 N–H and O–H groups in total. The van der Waals surface area contributed by atoms with Crippen LogP contribution >= 0.6 is 0 Å². The number of ether oxygens (including phenoxy) is 1. The van der Waals surface area contributed by atoms with Crippen molar-refractivity contribution in [3.8, 4) is 11.5 Å². The fourth-order valence-electron chi connectivity index (χ4n) is 10.6. The van der Waals surface area contributed by atoms with E-state index in [4.69, 9.17) is 10.5 Å². The Labute approximate surface area is 390 Å². The Hall–Kier alpha value is -6.28. The summed E-state index contributed by atoms with van der Waals surface area (Å²) in [5, 5.41) is 9.65. The van der Waals surface area contributed by atoms with Gasteiger partial charge < -0.3 is 25.4 Å². The zero-order valence-electron chi connectivity index (χ0n) is 39.8. The molecule has 13 heteroatoms. The number of carbonyl (C=O) groups excluding carboxylic acids is 2. The summed E-state index contributed by atoms with van der Waals surface area (Å²) in [7, 11) is 8.67. The Morgan fingerprint density at radius 2 is 1.20 bits per heavy atom. The summed E-state index contributed by atoms with van der Waals surface area (Å²) >= 11 is 0. The molecule has 0 unspecified atom stereocenters. The molecule has 6 atom stereocenters. The highest BCUT2D eigenvalue weighted by Gasteiger charge is 2.53. The molecule has 10 rings (SSSR count). The zero-order valence-corrected chi connectivity index (χ0v) is 39.8. The van der Waals surface area contributed by atoms with Crippen LogP contribution in [0.15, 0.2) is 135 Å². The van der Waals surface area contributed by atoms with Gasteiger partial charge in [-0.2, -0.15) is 0 Å². The minimum atomic E-state index is -0.190. The molecule has 4 aliphatic rings. The van der Waals surface area contributed by atoms with Crippen LogP contribution in [-0.2, 0) is 28.5 Å². The lowest BCUT2D eigenvalue weighted by Gasteiger charge is -2.32. The normalized spacial score (nSPS) is 22.3. The van der Waals surface area contributed by atoms with Gasteiger partial charge in [0.2, 0.25) is 0 Å². The number of rotatable bonds is 7. The van der Waals surface area contributed by atoms with Crippen LogP contribution in [0.5, 0.6) is 11.5 Å². The van der Waals surface area contributed by atoms with E-state index in [0.29, 0.717) is 30.3 Å². The van der Waals surface area contributed by atoms with Crippen molar-refractivity contribution in [2.24, 2.45) is 11.7 Å². The number of nitrogens with two attached hydrogens (primary N) is 1. The van der Waals surface area contributed by atoms with Crippen molar-refractivity contribution in [3.63, 3.8) is 0 Å². The molecule has 6 heterocycles. The van der Waals surface area contributed by atoms with Gasteiger partial charge in [0.15, 0.2) is 0 Å². The van der Waals surface area contributed by atoms with E-state index in [1.165, 1.54) is 55.4 Å². The highest BCUT2D eigenvalue weighted by Crippen LogP contribution is 2.53. The second-order valence-electron chi connectivity index (χ2n) is 19.0. The standard InChI is InChI=1S/C24H30N2O2.C13H18N2O.C9H13N.C7H6N4O/c1-17(14-18-8-6-5-7-9-18)15-22(27)28-19-10-11-21-20(16-19)24(2)12-13-25(3)23(24)26(21)4;1-13-6-7-14(2)12(13)15(3)11-5-4-9(16)8-10(11)13;1-8(10)7-9-5-3-2-4-6-9;12-7(10-3-1-8-5-10)11-4-2-9-6-11/h5-11,16-17,23H,12-15H2,1-4H3;4-5,8,12,16H,6-7H2,1-3H3;2-6,8H,7,10H2,1H3;1-6H/t17-,23-,24+;12-,13+;8-;/m111./s1. The summed E-state index contributed by atoms with van der Waals surface area (Å²) < 4.78 is 8.49. The highest BCUT2D eigenvalue weighted by atomic mass is 16.5. The summed E-state index contributed by atoms with van der Waals surface area (Å²) in [5.74, 6) is 1.14. The first kappa shape index (κ1) is 47.7. The molecular formula is C53H67N9O4. The number of likely N-dealkylation sites (tertiary alicyclic amines) is 2. The van der Waals surface area contributed by atoms with E-state index in [1.807, 2.05) is 61.5 Å². The number of carbonyl (C=O) groups is 2. The Bertz CT molecular complexity index is 2480. The molecule has 66 heavy (non-hydrogen) atoms. The van der Waals surface area contributed by atoms with E-state index in [-0.39, 0.29) is 34.8 Å². The van der Waals surface area contributed by atoms with Crippen molar-refractivity contribution in [3.05, 3.63) is 157 Å². The van der Waals surface area contributed by atoms with E-state index in [1.54, 1.807) is 30.9 Å². The third-order valence-electron chi connectivity index (χ3n) is 13.6. The van der Waals surface area contributed by atoms with Gasteiger partial charge in [-0.15, -0.1) is 0 Å². The zero-order chi connectivity index (χ0) is 47.2. The average molecular weight is 894 g/mol. The lowest BCUT2D eigenvalue weighted by molar-refractivity contribution is -0.135. The molecule has 348 valence electrons. The van der Waals surface area contributed by atoms with E-state index >= 15 is 0 Å². The van der Waals surface area contributed by atoms with E-state index in [0.717, 1.165) is 38.8 Å². The fourth-order valence-corrected chi connectivity index (χ4v) is 10.6. The fraction of sp³-hybridized carbons (Fsp3) is 0.396. The molecule has 2 fully saturated rings. The molecule has 0 spiro atoms. The molecule has 0 radical (unpaired) electrons. The number of esters is 1. The third-order valence-corrected chi connectivity index (χ3v) is 13.6. The van der Waals surface area contributed by atoms with E-state index in [2.05, 4.69) is 115 Å². The SMILES string of the molecule is CN1CC[C@@]2(C)c3cc(O)ccc3N(C)[C@@H]12.C[C@@H](CC(=O)Oc1ccc2c(c1)[C@]1(C)CCN(C)[C@@H]1N2C)Cc1ccccc1.C[C@@H](N)Cc1ccccc1.O=C(n1ccnc1)n1ccnc1. The minimum Gasteiger partial charge on any atom is -0.508 e. The molecule has 6 aromatic rings. The van der Waals surface area contributed by atoms with Crippen LogP contribution in [0, 0.1) is 5.92 Å². The molecular weight excluding hydrogens is 827 g/mol. The number of nitrogens with zero attached hydrogens (tertiary/aromatic N) is 8. The number of phenolic OH excluding ortho intramolecular Hbond substituents is 1. The summed E-state index contributed by atoms with van der Waals surface area (Å²) in [6, 6.07) is 32.5. The van der Waals surface area contributed by atoms with Gasteiger partial charge in [-0.3, -0.25) is 23.7 Å². The van der Waals surface area contributed by atoms with Gasteiger partial charge >= 0.3 is 12.0 Å². The van der Waals surface area contributed by atoms with Gasteiger partial charge in [0.05, 0.1) is 12.3 Å². The maximum absolute atomic E-state index is 12.5. The number of hydrogen-bond acceptors (Lipinski definition) is 11. The Morgan fingerprint density at radius 3 is 1.68 bits per heavy atom. The van der Waals surface area contributed by atoms with Crippen molar-refractivity contribution < 1.29 is 19.4 Å². The molecule has 2 aromatic heterocycles. The lowest BCUT2D eigenvalue weighted by atomic mass is 9.81. The van der Waals surface area contributed by atoms with Crippen LogP contribution in [0.2, 0.25) is 0 Å². The van der Waals surface area contributed by atoms with Gasteiger partial charge in [-0.05, 0) is 111 Å². The summed E-state index contributed by atoms with van der Waals surface area (Å²) in [6.07, 6.45) is 14.5. The van der Waals surface area contributed by atoms with Gasteiger partial charge in [-0.1, -0.05) is 81.4 Å². The largest absolute Gasteiger partial charge is 0.508 e. The monoisotopic (exact) mass is 894 g/mol. The quantitative estimate of drug-likeness (QED) is 0.119. The number of aromatic nitrogens is 4. The Morgan fingerprint density at radius 1 is 0.712 bits per heavy atom. The number of anilines is 2. The maximum Gasteiger partial charge on any atom is 0.338 e. The second kappa shape index (κ2) is 20.5. The molecule has 0 amide bonds. The Kier molecular flexibility index (Phi) is 14.8. The van der Waals surface area contributed by atoms with E-state index in [9.17, 15) is 14.7 Å². The van der Waals surface area contributed by atoms with Crippen molar-refractivity contribution in [2.45, 2.75) is 89.0 Å². The predicted molar refractivity (Wildman–Crippen MR) is 262 cm³/mol. The molecule has 0 aliphatic carbocycles. The van der Waals surface area contributed by atoms with Crippen LogP contribution in [0.3, 0.4) is 0 Å². The topological polar surface area (TPSA) is 138 Å². The first-order chi connectivity index (χ1) is 31.6. The number of imidazole rings is 2. The van der Waals surface area contributed by atoms with Crippen LogP contribution in [0.25, 0.3) is 0 Å². The number of hydrogen-bond donors (Lipinski definition) is 2. The van der Waals surface area contributed by atoms with Gasteiger partial charge in [-0.25, -0.2) is 14.8 Å². The maximum atomic E-state index is 12.5. The van der Waals surface area contributed by atoms with E-state index < -0.39 is 0 Å². The predicted octanol–water partition coefficient (Wildman–Crippen LogP) is 8.16. The summed E-state index contributed by atoms with van der Waals surface area (Å²) in [5.41, 5.74) is 13.5. The third kappa shape index (κ3) is 10.4. The Balaban J connectivity index is 0.000000144. The van der Waals surface area contributed by atoms with Crippen molar-refractivity contribution >= 4 is 23.4 Å². The first-order valence-corrected chi connectivity index (χ1v) is 23.0. The number of phenols is 1. The molecule has 13 nitrogen and oxygen atoms in total. The van der Waals surface area contributed by atoms with Crippen LogP contribution in [-0.4, -0.2) is 106 Å². The van der Waals surface area contributed by atoms with Crippen LogP contribution in [0.1, 0.15) is 69.2 Å². The number of likely N-dealkylation sites (N-methyl/N-ethyl adjacent to an activating group) is 4.